The summed E-state index contributed by atoms with van der Waals surface area (Å²) in [5.74, 6) is -0.275. The summed E-state index contributed by atoms with van der Waals surface area (Å²) in [5.41, 5.74) is 0.659. The van der Waals surface area contributed by atoms with E-state index in [9.17, 15) is 9.36 Å². The fraction of sp³-hybridized carbons (Fsp3) is 0. The number of carboxylic acids is 1. The summed E-state index contributed by atoms with van der Waals surface area (Å²) in [6.45, 7) is 0. The first kappa shape index (κ1) is 11.7. The van der Waals surface area contributed by atoms with Gasteiger partial charge in [0.25, 0.3) is 0 Å². The van der Waals surface area contributed by atoms with Gasteiger partial charge >= 0.3 is 13.6 Å². The molecule has 0 aliphatic carbocycles. The molecule has 0 aromatic heterocycles. The quantitative estimate of drug-likeness (QED) is 0.682. The Balaban J connectivity index is 2.86. The summed E-state index contributed by atoms with van der Waals surface area (Å²) >= 11 is 0. The lowest BCUT2D eigenvalue weighted by Crippen LogP contribution is -1.94. The Morgan fingerprint density at radius 1 is 1.20 bits per heavy atom. The molecule has 0 fully saturated rings. The smallest absolute Gasteiger partial charge is 0.349 e. The van der Waals surface area contributed by atoms with Crippen LogP contribution in [-0.4, -0.2) is 20.9 Å². The van der Waals surface area contributed by atoms with Crippen LogP contribution in [0.1, 0.15) is 15.9 Å². The van der Waals surface area contributed by atoms with E-state index in [1.807, 2.05) is 0 Å². The maximum absolute atomic E-state index is 10.5. The van der Waals surface area contributed by atoms with E-state index in [4.69, 9.17) is 14.9 Å². The standard InChI is InChI=1S/C9H9O5P/c10-9(11)8-3-1-7(2-4-8)5-6-15(12,13)14/h1-6H,(H,10,11)(H2,12,13,14)/b6-5+. The molecule has 0 saturated heterocycles. The van der Waals surface area contributed by atoms with Crippen molar-refractivity contribution in [3.05, 3.63) is 41.2 Å². The molecule has 80 valence electrons. The minimum absolute atomic E-state index is 0.128. The molecule has 0 aliphatic heterocycles. The highest BCUT2D eigenvalue weighted by Gasteiger charge is 2.05. The fourth-order valence-corrected chi connectivity index (χ4v) is 1.29. The molecule has 5 nitrogen and oxygen atoms in total. The van der Waals surface area contributed by atoms with Gasteiger partial charge in [-0.3, -0.25) is 4.57 Å². The second kappa shape index (κ2) is 4.40. The highest BCUT2D eigenvalue weighted by molar-refractivity contribution is 7.55. The van der Waals surface area contributed by atoms with Crippen molar-refractivity contribution in [2.75, 3.05) is 0 Å². The molecule has 1 aromatic carbocycles. The Bertz CT molecular complexity index is 428. The number of carboxylic acid groups (broad SMARTS) is 1. The van der Waals surface area contributed by atoms with Crippen molar-refractivity contribution in [3.63, 3.8) is 0 Å². The zero-order chi connectivity index (χ0) is 11.5. The van der Waals surface area contributed by atoms with Gasteiger partial charge in [-0.1, -0.05) is 12.1 Å². The van der Waals surface area contributed by atoms with E-state index in [0.717, 1.165) is 5.82 Å². The topological polar surface area (TPSA) is 94.8 Å². The average molecular weight is 228 g/mol. The van der Waals surface area contributed by atoms with Crippen molar-refractivity contribution in [1.29, 1.82) is 0 Å². The van der Waals surface area contributed by atoms with Gasteiger partial charge in [0.1, 0.15) is 0 Å². The van der Waals surface area contributed by atoms with Crippen LogP contribution < -0.4 is 0 Å². The van der Waals surface area contributed by atoms with Gasteiger partial charge in [-0.2, -0.15) is 0 Å². The number of rotatable bonds is 3. The molecular weight excluding hydrogens is 219 g/mol. The molecule has 0 bridgehead atoms. The molecule has 3 N–H and O–H groups in total. The maximum Gasteiger partial charge on any atom is 0.349 e. The Morgan fingerprint density at radius 3 is 2.13 bits per heavy atom. The van der Waals surface area contributed by atoms with Crippen LogP contribution in [0.5, 0.6) is 0 Å². The third-order valence-electron chi connectivity index (χ3n) is 1.62. The van der Waals surface area contributed by atoms with Gasteiger partial charge in [-0.25, -0.2) is 4.79 Å². The third-order valence-corrected chi connectivity index (χ3v) is 2.16. The van der Waals surface area contributed by atoms with Crippen LogP contribution in [0.4, 0.5) is 0 Å². The van der Waals surface area contributed by atoms with E-state index >= 15 is 0 Å². The van der Waals surface area contributed by atoms with Crippen LogP contribution in [0.15, 0.2) is 30.1 Å². The molecule has 0 saturated carbocycles. The third kappa shape index (κ3) is 4.08. The predicted octanol–water partition coefficient (Wildman–Crippen LogP) is 1.53. The molecule has 1 aromatic rings. The van der Waals surface area contributed by atoms with E-state index in [0.29, 0.717) is 5.56 Å². The van der Waals surface area contributed by atoms with Gasteiger partial charge in [0, 0.05) is 5.82 Å². The van der Waals surface area contributed by atoms with Gasteiger partial charge in [-0.15, -0.1) is 0 Å². The number of aromatic carboxylic acids is 1. The van der Waals surface area contributed by atoms with Crippen LogP contribution in [0, 0.1) is 0 Å². The van der Waals surface area contributed by atoms with Crippen molar-refractivity contribution >= 4 is 19.6 Å². The van der Waals surface area contributed by atoms with Crippen molar-refractivity contribution in [1.82, 2.24) is 0 Å². The summed E-state index contributed by atoms with van der Waals surface area (Å²) in [5, 5.41) is 8.59. The molecular formula is C9H9O5P. The van der Waals surface area contributed by atoms with Crippen molar-refractivity contribution in [2.45, 2.75) is 0 Å². The predicted molar refractivity (Wildman–Crippen MR) is 54.5 cm³/mol. The first-order valence-electron chi connectivity index (χ1n) is 3.96. The second-order valence-corrected chi connectivity index (χ2v) is 4.31. The van der Waals surface area contributed by atoms with E-state index in [1.54, 1.807) is 0 Å². The van der Waals surface area contributed by atoms with E-state index in [-0.39, 0.29) is 5.56 Å². The Hall–Kier alpha value is -1.42. The van der Waals surface area contributed by atoms with Gasteiger partial charge < -0.3 is 14.9 Å². The summed E-state index contributed by atoms with van der Waals surface area (Å²) in [6, 6.07) is 5.66. The average Bonchev–Trinajstić information content (AvgIpc) is 2.14. The van der Waals surface area contributed by atoms with Crippen molar-refractivity contribution in [2.24, 2.45) is 0 Å². The minimum Gasteiger partial charge on any atom is -0.478 e. The van der Waals surface area contributed by atoms with Crippen molar-refractivity contribution < 1.29 is 24.3 Å². The van der Waals surface area contributed by atoms with Crippen LogP contribution in [0.25, 0.3) is 6.08 Å². The molecule has 0 atom stereocenters. The largest absolute Gasteiger partial charge is 0.478 e. The van der Waals surface area contributed by atoms with E-state index in [1.165, 1.54) is 30.3 Å². The summed E-state index contributed by atoms with van der Waals surface area (Å²) in [7, 11) is -4.16. The van der Waals surface area contributed by atoms with Gasteiger partial charge in [0.2, 0.25) is 0 Å². The first-order chi connectivity index (χ1) is 6.88. The monoisotopic (exact) mass is 228 g/mol. The number of hydrogen-bond acceptors (Lipinski definition) is 2. The molecule has 0 radical (unpaired) electrons. The summed E-state index contributed by atoms with van der Waals surface area (Å²) in [6.07, 6.45) is 1.24. The molecule has 0 heterocycles. The highest BCUT2D eigenvalue weighted by atomic mass is 31.2. The molecule has 0 amide bonds. The zero-order valence-corrected chi connectivity index (χ0v) is 8.46. The van der Waals surface area contributed by atoms with Gasteiger partial charge in [-0.05, 0) is 23.8 Å². The zero-order valence-electron chi connectivity index (χ0n) is 7.57. The normalized spacial score (nSPS) is 11.9. The van der Waals surface area contributed by atoms with Crippen molar-refractivity contribution in [3.8, 4) is 0 Å². The van der Waals surface area contributed by atoms with E-state index in [2.05, 4.69) is 0 Å². The molecule has 1 rings (SSSR count). The fourth-order valence-electron chi connectivity index (χ4n) is 0.920. The van der Waals surface area contributed by atoms with Gasteiger partial charge in [0.05, 0.1) is 5.56 Å². The SMILES string of the molecule is O=C(O)c1ccc(/C=C/P(=O)(O)O)cc1. The lowest BCUT2D eigenvalue weighted by Gasteiger charge is -1.97. The lowest BCUT2D eigenvalue weighted by molar-refractivity contribution is 0.0697. The molecule has 0 aliphatic rings. The first-order valence-corrected chi connectivity index (χ1v) is 5.64. The number of benzene rings is 1. The molecule has 6 heteroatoms. The van der Waals surface area contributed by atoms with Gasteiger partial charge in [0.15, 0.2) is 0 Å². The molecule has 0 spiro atoms. The summed E-state index contributed by atoms with van der Waals surface area (Å²) < 4.78 is 10.5. The lowest BCUT2D eigenvalue weighted by atomic mass is 10.1. The van der Waals surface area contributed by atoms with E-state index < -0.39 is 13.6 Å². The minimum atomic E-state index is -4.16. The molecule has 0 unspecified atom stereocenters. The molecule has 15 heavy (non-hydrogen) atoms. The Kier molecular flexibility index (Phi) is 3.42. The second-order valence-electron chi connectivity index (χ2n) is 2.83. The maximum atomic E-state index is 10.5. The Morgan fingerprint density at radius 2 is 1.73 bits per heavy atom. The highest BCUT2D eigenvalue weighted by Crippen LogP contribution is 2.36. The van der Waals surface area contributed by atoms with Crippen LogP contribution >= 0.6 is 7.60 Å². The number of carbonyl (C=O) groups is 1. The summed E-state index contributed by atoms with van der Waals surface area (Å²) in [4.78, 5) is 27.6. The Labute approximate surface area is 85.8 Å². The number of hydrogen-bond donors (Lipinski definition) is 3. The van der Waals surface area contributed by atoms with Crippen LogP contribution in [-0.2, 0) is 4.57 Å². The van der Waals surface area contributed by atoms with Crippen LogP contribution in [0.3, 0.4) is 0 Å². The van der Waals surface area contributed by atoms with Crippen LogP contribution in [0.2, 0.25) is 0 Å².